The third-order valence-corrected chi connectivity index (χ3v) is 5.75. The number of nitrogens with two attached hydrogens (primary N) is 1. The maximum Gasteiger partial charge on any atom is 0.154 e. The molecule has 1 aromatic rings. The van der Waals surface area contributed by atoms with Crippen LogP contribution in [0.5, 0.6) is 0 Å². The van der Waals surface area contributed by atoms with Crippen LogP contribution in [0.15, 0.2) is 24.3 Å². The standard InChI is InChI=1S/C14H23NO2S/c1-5-6-11-7-9-12(10-8-11)13(15)14(2,3)18(4,16)17/h7-10,13H,5-6,15H2,1-4H3. The van der Waals surface area contributed by atoms with Crippen LogP contribution < -0.4 is 5.73 Å². The van der Waals surface area contributed by atoms with E-state index in [0.29, 0.717) is 0 Å². The van der Waals surface area contributed by atoms with E-state index in [4.69, 9.17) is 5.73 Å². The fourth-order valence-electron chi connectivity index (χ4n) is 1.81. The smallest absolute Gasteiger partial charge is 0.154 e. The van der Waals surface area contributed by atoms with Crippen LogP contribution in [0.4, 0.5) is 0 Å². The average Bonchev–Trinajstić information content (AvgIpc) is 2.28. The lowest BCUT2D eigenvalue weighted by atomic mass is 9.95. The van der Waals surface area contributed by atoms with Gasteiger partial charge in [-0.2, -0.15) is 0 Å². The number of hydrogen-bond donors (Lipinski definition) is 1. The van der Waals surface area contributed by atoms with Crippen molar-refractivity contribution in [3.05, 3.63) is 35.4 Å². The summed E-state index contributed by atoms with van der Waals surface area (Å²) in [6.45, 7) is 5.48. The number of rotatable bonds is 5. The van der Waals surface area contributed by atoms with E-state index in [1.807, 2.05) is 24.3 Å². The lowest BCUT2D eigenvalue weighted by Gasteiger charge is -2.30. The van der Waals surface area contributed by atoms with Gasteiger partial charge in [-0.1, -0.05) is 37.6 Å². The van der Waals surface area contributed by atoms with Crippen molar-refractivity contribution in [2.45, 2.75) is 44.4 Å². The summed E-state index contributed by atoms with van der Waals surface area (Å²) in [5.41, 5.74) is 8.22. The molecule has 0 aliphatic carbocycles. The van der Waals surface area contributed by atoms with Gasteiger partial charge in [0.1, 0.15) is 0 Å². The van der Waals surface area contributed by atoms with Crippen LogP contribution in [0.1, 0.15) is 44.4 Å². The van der Waals surface area contributed by atoms with Gasteiger partial charge in [0.05, 0.1) is 4.75 Å². The Kier molecular flexibility index (Phi) is 4.56. The molecule has 4 heteroatoms. The lowest BCUT2D eigenvalue weighted by molar-refractivity contribution is 0.496. The first-order chi connectivity index (χ1) is 8.20. The van der Waals surface area contributed by atoms with E-state index in [2.05, 4.69) is 6.92 Å². The molecule has 18 heavy (non-hydrogen) atoms. The third kappa shape index (κ3) is 3.12. The topological polar surface area (TPSA) is 60.2 Å². The molecular formula is C14H23NO2S. The molecule has 0 amide bonds. The van der Waals surface area contributed by atoms with Crippen LogP contribution in [-0.2, 0) is 16.3 Å². The van der Waals surface area contributed by atoms with Gasteiger partial charge in [-0.3, -0.25) is 0 Å². The molecule has 1 rings (SSSR count). The number of aryl methyl sites for hydroxylation is 1. The Morgan fingerprint density at radius 1 is 1.22 bits per heavy atom. The maximum absolute atomic E-state index is 11.8. The Labute approximate surface area is 110 Å². The maximum atomic E-state index is 11.8. The highest BCUT2D eigenvalue weighted by molar-refractivity contribution is 7.92. The molecule has 0 saturated carbocycles. The zero-order valence-electron chi connectivity index (χ0n) is 11.6. The molecule has 1 atom stereocenters. The molecule has 102 valence electrons. The second-order valence-corrected chi connectivity index (χ2v) is 7.94. The first-order valence-electron chi connectivity index (χ1n) is 6.24. The zero-order valence-corrected chi connectivity index (χ0v) is 12.4. The summed E-state index contributed by atoms with van der Waals surface area (Å²) < 4.78 is 22.6. The van der Waals surface area contributed by atoms with Crippen molar-refractivity contribution in [2.75, 3.05) is 6.26 Å². The van der Waals surface area contributed by atoms with E-state index in [9.17, 15) is 8.42 Å². The van der Waals surface area contributed by atoms with Crippen molar-refractivity contribution >= 4 is 9.84 Å². The summed E-state index contributed by atoms with van der Waals surface area (Å²) >= 11 is 0. The molecule has 0 fully saturated rings. The number of sulfone groups is 1. The van der Waals surface area contributed by atoms with Gasteiger partial charge in [0, 0.05) is 12.3 Å². The van der Waals surface area contributed by atoms with Crippen LogP contribution in [0.25, 0.3) is 0 Å². The van der Waals surface area contributed by atoms with Crippen molar-refractivity contribution in [1.82, 2.24) is 0 Å². The van der Waals surface area contributed by atoms with E-state index in [1.165, 1.54) is 11.8 Å². The Bertz CT molecular complexity index is 489. The van der Waals surface area contributed by atoms with E-state index >= 15 is 0 Å². The molecule has 0 spiro atoms. The van der Waals surface area contributed by atoms with Gasteiger partial charge in [-0.15, -0.1) is 0 Å². The summed E-state index contributed by atoms with van der Waals surface area (Å²) in [6, 6.07) is 7.41. The highest BCUT2D eigenvalue weighted by Crippen LogP contribution is 2.30. The average molecular weight is 269 g/mol. The molecule has 0 aromatic heterocycles. The van der Waals surface area contributed by atoms with Crippen molar-refractivity contribution < 1.29 is 8.42 Å². The molecule has 0 saturated heterocycles. The highest BCUT2D eigenvalue weighted by Gasteiger charge is 2.37. The molecule has 1 aromatic carbocycles. The summed E-state index contributed by atoms with van der Waals surface area (Å²) in [4.78, 5) is 0. The molecule has 3 nitrogen and oxygen atoms in total. The Balaban J connectivity index is 3.01. The zero-order chi connectivity index (χ0) is 14.0. The predicted octanol–water partition coefficient (Wildman–Crippen LogP) is 2.46. The quantitative estimate of drug-likeness (QED) is 0.893. The lowest BCUT2D eigenvalue weighted by Crippen LogP contribution is -2.42. The minimum atomic E-state index is -3.20. The summed E-state index contributed by atoms with van der Waals surface area (Å²) in [6.07, 6.45) is 3.36. The predicted molar refractivity (Wildman–Crippen MR) is 76.3 cm³/mol. The van der Waals surface area contributed by atoms with Crippen LogP contribution in [0.2, 0.25) is 0 Å². The summed E-state index contributed by atoms with van der Waals surface area (Å²) in [5.74, 6) is 0. The minimum absolute atomic E-state index is 0.511. The van der Waals surface area contributed by atoms with E-state index in [0.717, 1.165) is 18.4 Å². The van der Waals surface area contributed by atoms with E-state index < -0.39 is 20.6 Å². The van der Waals surface area contributed by atoms with Crippen molar-refractivity contribution in [3.63, 3.8) is 0 Å². The Hall–Kier alpha value is -0.870. The second-order valence-electron chi connectivity index (χ2n) is 5.34. The monoisotopic (exact) mass is 269 g/mol. The van der Waals surface area contributed by atoms with Gasteiger partial charge in [0.2, 0.25) is 0 Å². The fraction of sp³-hybridized carbons (Fsp3) is 0.571. The normalized spacial score (nSPS) is 14.5. The highest BCUT2D eigenvalue weighted by atomic mass is 32.2. The molecule has 1 unspecified atom stereocenters. The second kappa shape index (κ2) is 5.41. The van der Waals surface area contributed by atoms with Gasteiger partial charge < -0.3 is 5.73 Å². The van der Waals surface area contributed by atoms with Crippen LogP contribution >= 0.6 is 0 Å². The van der Waals surface area contributed by atoms with Crippen molar-refractivity contribution in [2.24, 2.45) is 5.73 Å². The molecule has 0 radical (unpaired) electrons. The molecule has 0 aliphatic rings. The first kappa shape index (κ1) is 15.2. The van der Waals surface area contributed by atoms with Gasteiger partial charge in [-0.05, 0) is 31.4 Å². The van der Waals surface area contributed by atoms with Gasteiger partial charge in [0.25, 0.3) is 0 Å². The first-order valence-corrected chi connectivity index (χ1v) is 8.13. The molecule has 2 N–H and O–H groups in total. The van der Waals surface area contributed by atoms with Crippen molar-refractivity contribution in [3.8, 4) is 0 Å². The van der Waals surface area contributed by atoms with Gasteiger partial charge >= 0.3 is 0 Å². The molecule has 0 bridgehead atoms. The minimum Gasteiger partial charge on any atom is -0.323 e. The Morgan fingerprint density at radius 3 is 2.11 bits per heavy atom. The Morgan fingerprint density at radius 2 is 1.72 bits per heavy atom. The molecule has 0 aliphatic heterocycles. The molecular weight excluding hydrogens is 246 g/mol. The largest absolute Gasteiger partial charge is 0.323 e. The summed E-state index contributed by atoms with van der Waals surface area (Å²) in [5, 5.41) is 0. The number of benzene rings is 1. The van der Waals surface area contributed by atoms with Crippen LogP contribution in [0.3, 0.4) is 0 Å². The van der Waals surface area contributed by atoms with Crippen LogP contribution in [0, 0.1) is 0 Å². The SMILES string of the molecule is CCCc1ccc(C(N)C(C)(C)S(C)(=O)=O)cc1. The third-order valence-electron chi connectivity index (χ3n) is 3.58. The van der Waals surface area contributed by atoms with Gasteiger partial charge in [0.15, 0.2) is 9.84 Å². The number of hydrogen-bond acceptors (Lipinski definition) is 3. The van der Waals surface area contributed by atoms with Gasteiger partial charge in [-0.25, -0.2) is 8.42 Å². The molecule has 0 heterocycles. The fourth-order valence-corrected chi connectivity index (χ4v) is 2.41. The van der Waals surface area contributed by atoms with E-state index in [-0.39, 0.29) is 0 Å². The van der Waals surface area contributed by atoms with Crippen molar-refractivity contribution in [1.29, 1.82) is 0 Å². The summed E-state index contributed by atoms with van der Waals surface area (Å²) in [7, 11) is -3.20. The van der Waals surface area contributed by atoms with E-state index in [1.54, 1.807) is 13.8 Å². The van der Waals surface area contributed by atoms with Crippen LogP contribution in [-0.4, -0.2) is 19.4 Å².